The van der Waals surface area contributed by atoms with Crippen molar-refractivity contribution in [3.63, 3.8) is 0 Å². The highest BCUT2D eigenvalue weighted by Crippen LogP contribution is 2.45. The van der Waals surface area contributed by atoms with Crippen molar-refractivity contribution in [3.05, 3.63) is 68.7 Å². The van der Waals surface area contributed by atoms with Gasteiger partial charge in [-0.1, -0.05) is 51.3 Å². The number of carbonyl (C=O) groups is 2. The van der Waals surface area contributed by atoms with Gasteiger partial charge in [0.05, 0.1) is 11.9 Å². The number of halogens is 3. The van der Waals surface area contributed by atoms with Gasteiger partial charge in [0.25, 0.3) is 15.9 Å². The average Bonchev–Trinajstić information content (AvgIpc) is 3.52. The van der Waals surface area contributed by atoms with E-state index in [-0.39, 0.29) is 23.9 Å². The first-order valence-corrected chi connectivity index (χ1v) is 14.4. The minimum atomic E-state index is -4.24. The first-order valence-electron chi connectivity index (χ1n) is 11.4. The fourth-order valence-electron chi connectivity index (χ4n) is 5.05. The summed E-state index contributed by atoms with van der Waals surface area (Å²) in [6, 6.07) is 11.1. The maximum Gasteiger partial charge on any atom is 0.261 e. The van der Waals surface area contributed by atoms with Crippen molar-refractivity contribution in [3.8, 4) is 0 Å². The number of hydrogen-bond acceptors (Lipinski definition) is 5. The molecular weight excluding hydrogens is 605 g/mol. The number of imidazole rings is 1. The van der Waals surface area contributed by atoms with Gasteiger partial charge in [-0.2, -0.15) is 4.31 Å². The topological polar surface area (TPSA) is 119 Å². The van der Waals surface area contributed by atoms with E-state index in [1.165, 1.54) is 21.7 Å². The standard InChI is InChI=1S/C24H22BrCl2N5O4S/c1-24(12-14-4-6-15(25)7-5-14)22(34)31(18-10-16(26)9-17(27)11-18)23-29-13-20(32(23)24)37(35,36)30-8-2-3-19(30)21(28)33/h4-7,9-11,13,19H,2-3,8,12H2,1H3,(H2,28,33)/t19?,24-/m1/s1. The summed E-state index contributed by atoms with van der Waals surface area (Å²) in [6.07, 6.45) is 2.22. The van der Waals surface area contributed by atoms with Crippen molar-refractivity contribution < 1.29 is 18.0 Å². The lowest BCUT2D eigenvalue weighted by Crippen LogP contribution is -2.46. The van der Waals surface area contributed by atoms with Crippen molar-refractivity contribution in [2.24, 2.45) is 5.73 Å². The summed E-state index contributed by atoms with van der Waals surface area (Å²) in [7, 11) is -4.24. The number of hydrogen-bond donors (Lipinski definition) is 1. The van der Waals surface area contributed by atoms with Gasteiger partial charge in [-0.3, -0.25) is 14.2 Å². The van der Waals surface area contributed by atoms with Gasteiger partial charge in [0, 0.05) is 27.5 Å². The number of benzene rings is 2. The molecule has 194 valence electrons. The Labute approximate surface area is 232 Å². The summed E-state index contributed by atoms with van der Waals surface area (Å²) in [5, 5.41) is 0.424. The molecule has 3 heterocycles. The number of nitrogens with two attached hydrogens (primary N) is 1. The SMILES string of the molecule is C[C@@]1(Cc2ccc(Br)cc2)C(=O)N(c2cc(Cl)cc(Cl)c2)c2ncc(S(=O)(=O)N3CCCC3C(N)=O)n21. The minimum Gasteiger partial charge on any atom is -0.368 e. The monoisotopic (exact) mass is 625 g/mol. The van der Waals surface area contributed by atoms with Crippen molar-refractivity contribution in [1.29, 1.82) is 0 Å². The Hall–Kier alpha value is -2.44. The van der Waals surface area contributed by atoms with Crippen LogP contribution in [-0.2, 0) is 31.6 Å². The predicted molar refractivity (Wildman–Crippen MR) is 143 cm³/mol. The van der Waals surface area contributed by atoms with Crippen LogP contribution in [0.25, 0.3) is 0 Å². The normalized spacial score (nSPS) is 22.0. The van der Waals surface area contributed by atoms with Crippen LogP contribution in [0.5, 0.6) is 0 Å². The first-order chi connectivity index (χ1) is 17.4. The number of aromatic nitrogens is 2. The second-order valence-electron chi connectivity index (χ2n) is 9.25. The third-order valence-corrected chi connectivity index (χ3v) is 9.58. The maximum absolute atomic E-state index is 14.1. The van der Waals surface area contributed by atoms with Crippen LogP contribution in [0.4, 0.5) is 11.6 Å². The molecule has 0 aliphatic carbocycles. The molecule has 2 N–H and O–H groups in total. The maximum atomic E-state index is 14.1. The van der Waals surface area contributed by atoms with Gasteiger partial charge in [-0.15, -0.1) is 0 Å². The third-order valence-electron chi connectivity index (χ3n) is 6.74. The van der Waals surface area contributed by atoms with E-state index in [4.69, 9.17) is 28.9 Å². The highest BCUT2D eigenvalue weighted by atomic mass is 79.9. The number of carbonyl (C=O) groups excluding carboxylic acids is 2. The van der Waals surface area contributed by atoms with Crippen molar-refractivity contribution in [1.82, 2.24) is 13.9 Å². The zero-order valence-corrected chi connectivity index (χ0v) is 23.5. The molecule has 0 bridgehead atoms. The van der Waals surface area contributed by atoms with Crippen LogP contribution in [-0.4, -0.2) is 46.7 Å². The lowest BCUT2D eigenvalue weighted by atomic mass is 9.92. The molecule has 1 aromatic heterocycles. The molecule has 3 aromatic rings. The predicted octanol–water partition coefficient (Wildman–Crippen LogP) is 4.23. The number of rotatable bonds is 6. The number of primary amides is 1. The summed E-state index contributed by atoms with van der Waals surface area (Å²) < 4.78 is 31.2. The van der Waals surface area contributed by atoms with E-state index in [1.54, 1.807) is 19.1 Å². The zero-order chi connectivity index (χ0) is 26.7. The van der Waals surface area contributed by atoms with Crippen molar-refractivity contribution in [2.45, 2.75) is 42.8 Å². The smallest absolute Gasteiger partial charge is 0.261 e. The van der Waals surface area contributed by atoms with E-state index >= 15 is 0 Å². The first kappa shape index (κ1) is 26.2. The van der Waals surface area contributed by atoms with Crippen LogP contribution in [0.2, 0.25) is 10.0 Å². The van der Waals surface area contributed by atoms with Crippen LogP contribution < -0.4 is 10.6 Å². The van der Waals surface area contributed by atoms with E-state index in [0.717, 1.165) is 14.3 Å². The van der Waals surface area contributed by atoms with E-state index in [1.807, 2.05) is 24.3 Å². The molecule has 2 amide bonds. The largest absolute Gasteiger partial charge is 0.368 e. The van der Waals surface area contributed by atoms with Crippen LogP contribution in [0.1, 0.15) is 25.3 Å². The fraction of sp³-hybridized carbons (Fsp3) is 0.292. The van der Waals surface area contributed by atoms with Crippen molar-refractivity contribution >= 4 is 72.6 Å². The molecule has 1 saturated heterocycles. The van der Waals surface area contributed by atoms with E-state index in [0.29, 0.717) is 28.6 Å². The minimum absolute atomic E-state index is 0.108. The lowest BCUT2D eigenvalue weighted by Gasteiger charge is -2.28. The zero-order valence-electron chi connectivity index (χ0n) is 19.6. The van der Waals surface area contributed by atoms with E-state index in [2.05, 4.69) is 20.9 Å². The van der Waals surface area contributed by atoms with Crippen LogP contribution in [0.15, 0.2) is 58.2 Å². The number of fused-ring (bicyclic) bond motifs is 1. The number of nitrogens with zero attached hydrogens (tertiary/aromatic N) is 4. The molecule has 2 atom stereocenters. The van der Waals surface area contributed by atoms with Gasteiger partial charge in [-0.05, 0) is 55.7 Å². The highest BCUT2D eigenvalue weighted by molar-refractivity contribution is 9.10. The Morgan fingerprint density at radius 1 is 1.19 bits per heavy atom. The second kappa shape index (κ2) is 9.39. The molecule has 13 heteroatoms. The molecule has 0 saturated carbocycles. The summed E-state index contributed by atoms with van der Waals surface area (Å²) in [4.78, 5) is 31.8. The van der Waals surface area contributed by atoms with Gasteiger partial charge in [0.2, 0.25) is 11.9 Å². The van der Waals surface area contributed by atoms with Crippen LogP contribution >= 0.6 is 39.1 Å². The van der Waals surface area contributed by atoms with Gasteiger partial charge in [-0.25, -0.2) is 18.3 Å². The Balaban J connectivity index is 1.70. The Morgan fingerprint density at radius 3 is 2.46 bits per heavy atom. The molecule has 2 aromatic carbocycles. The van der Waals surface area contributed by atoms with E-state index in [9.17, 15) is 18.0 Å². The van der Waals surface area contributed by atoms with Gasteiger partial charge in [0.1, 0.15) is 11.6 Å². The van der Waals surface area contributed by atoms with Crippen LogP contribution in [0, 0.1) is 0 Å². The average molecular weight is 627 g/mol. The molecule has 37 heavy (non-hydrogen) atoms. The van der Waals surface area contributed by atoms with Crippen molar-refractivity contribution in [2.75, 3.05) is 11.4 Å². The molecule has 2 aliphatic rings. The highest BCUT2D eigenvalue weighted by Gasteiger charge is 2.53. The summed E-state index contributed by atoms with van der Waals surface area (Å²) in [6.45, 7) is 1.81. The van der Waals surface area contributed by atoms with Gasteiger partial charge < -0.3 is 5.73 Å². The molecule has 9 nitrogen and oxygen atoms in total. The third kappa shape index (κ3) is 4.36. The Kier molecular flexibility index (Phi) is 6.64. The van der Waals surface area contributed by atoms with Crippen LogP contribution in [0.3, 0.4) is 0 Å². The number of anilines is 2. The molecule has 0 radical (unpaired) electrons. The van der Waals surface area contributed by atoms with E-state index < -0.39 is 33.4 Å². The summed E-state index contributed by atoms with van der Waals surface area (Å²) in [5.41, 5.74) is 5.30. The van der Waals surface area contributed by atoms with Gasteiger partial charge in [0.15, 0.2) is 5.03 Å². The van der Waals surface area contributed by atoms with Gasteiger partial charge >= 0.3 is 0 Å². The quantitative estimate of drug-likeness (QED) is 0.439. The Bertz CT molecular complexity index is 1510. The summed E-state index contributed by atoms with van der Waals surface area (Å²) in [5.74, 6) is -1.01. The molecular formula is C24H22BrCl2N5O4S. The second-order valence-corrected chi connectivity index (χ2v) is 12.9. The Morgan fingerprint density at radius 2 is 1.84 bits per heavy atom. The fourth-order valence-corrected chi connectivity index (χ4v) is 7.68. The number of amides is 2. The summed E-state index contributed by atoms with van der Waals surface area (Å²) >= 11 is 15.9. The lowest BCUT2D eigenvalue weighted by molar-refractivity contribution is -0.124. The molecule has 2 aliphatic heterocycles. The number of sulfonamides is 1. The molecule has 1 fully saturated rings. The molecule has 5 rings (SSSR count). The molecule has 0 spiro atoms. The molecule has 1 unspecified atom stereocenters.